The maximum atomic E-state index is 5.68. The lowest BCUT2D eigenvalue weighted by Gasteiger charge is -2.16. The monoisotopic (exact) mass is 258 g/mol. The van der Waals surface area contributed by atoms with Gasteiger partial charge in [-0.3, -0.25) is 16.0 Å². The Morgan fingerprint density at radius 3 is 2.63 bits per heavy atom. The predicted octanol–water partition coefficient (Wildman–Crippen LogP) is 1.65. The van der Waals surface area contributed by atoms with Crippen LogP contribution in [-0.4, -0.2) is 15.8 Å². The molecule has 1 atom stereocenters. The largest absolute Gasteiger partial charge is 0.272 e. The molecule has 1 heterocycles. The van der Waals surface area contributed by atoms with Crippen LogP contribution < -0.4 is 11.3 Å². The molecule has 0 saturated carbocycles. The second-order valence-electron chi connectivity index (χ2n) is 5.16. The Labute approximate surface area is 114 Å². The van der Waals surface area contributed by atoms with E-state index in [1.54, 1.807) is 0 Å². The van der Waals surface area contributed by atoms with Gasteiger partial charge in [-0.2, -0.15) is 5.10 Å². The van der Waals surface area contributed by atoms with Crippen LogP contribution in [0.1, 0.15) is 22.5 Å². The van der Waals surface area contributed by atoms with Crippen LogP contribution in [0.2, 0.25) is 0 Å². The molecule has 1 unspecified atom stereocenters. The smallest absolute Gasteiger partial charge is 0.0596 e. The second-order valence-corrected chi connectivity index (χ2v) is 5.16. The molecule has 4 heteroatoms. The number of hydrogen-bond donors (Lipinski definition) is 2. The van der Waals surface area contributed by atoms with Crippen LogP contribution in [0.3, 0.4) is 0 Å². The van der Waals surface area contributed by atoms with E-state index in [-0.39, 0.29) is 6.04 Å². The molecule has 0 aliphatic heterocycles. The number of nitrogens with one attached hydrogen (secondary N) is 1. The lowest BCUT2D eigenvalue weighted by Crippen LogP contribution is -2.38. The van der Waals surface area contributed by atoms with Crippen molar-refractivity contribution in [2.24, 2.45) is 12.9 Å². The third-order valence-corrected chi connectivity index (χ3v) is 3.35. The van der Waals surface area contributed by atoms with Gasteiger partial charge in [0.1, 0.15) is 0 Å². The fourth-order valence-electron chi connectivity index (χ4n) is 2.42. The molecule has 2 aromatic rings. The summed E-state index contributed by atoms with van der Waals surface area (Å²) in [4.78, 5) is 0. The topological polar surface area (TPSA) is 55.9 Å². The zero-order chi connectivity index (χ0) is 13.8. The van der Waals surface area contributed by atoms with Gasteiger partial charge in [0.25, 0.3) is 0 Å². The highest BCUT2D eigenvalue weighted by molar-refractivity contribution is 5.23. The zero-order valence-electron chi connectivity index (χ0n) is 11.9. The fourth-order valence-corrected chi connectivity index (χ4v) is 2.42. The molecule has 0 spiro atoms. The Kier molecular flexibility index (Phi) is 4.35. The first-order valence-electron chi connectivity index (χ1n) is 6.59. The van der Waals surface area contributed by atoms with Gasteiger partial charge in [0, 0.05) is 25.2 Å². The molecule has 0 radical (unpaired) electrons. The molecule has 102 valence electrons. The highest BCUT2D eigenvalue weighted by Gasteiger charge is 2.12. The summed E-state index contributed by atoms with van der Waals surface area (Å²) in [5, 5.41) is 4.37. The molecular weight excluding hydrogens is 236 g/mol. The van der Waals surface area contributed by atoms with Gasteiger partial charge in [0.2, 0.25) is 0 Å². The summed E-state index contributed by atoms with van der Waals surface area (Å²) in [7, 11) is 1.97. The summed E-state index contributed by atoms with van der Waals surface area (Å²) in [6, 6.07) is 10.9. The van der Waals surface area contributed by atoms with Crippen molar-refractivity contribution >= 4 is 0 Å². The van der Waals surface area contributed by atoms with Crippen LogP contribution in [0.15, 0.2) is 30.3 Å². The minimum Gasteiger partial charge on any atom is -0.272 e. The Balaban J connectivity index is 2.06. The molecule has 2 rings (SSSR count). The normalized spacial score (nSPS) is 12.6. The van der Waals surface area contributed by atoms with E-state index in [0.29, 0.717) is 0 Å². The number of nitrogens with zero attached hydrogens (tertiary/aromatic N) is 2. The van der Waals surface area contributed by atoms with Gasteiger partial charge in [0.15, 0.2) is 0 Å². The van der Waals surface area contributed by atoms with Crippen LogP contribution in [0.4, 0.5) is 0 Å². The zero-order valence-corrected chi connectivity index (χ0v) is 11.9. The molecule has 4 nitrogen and oxygen atoms in total. The fraction of sp³-hybridized carbons (Fsp3) is 0.400. The number of hydrazine groups is 1. The van der Waals surface area contributed by atoms with Gasteiger partial charge in [0.05, 0.1) is 5.69 Å². The summed E-state index contributed by atoms with van der Waals surface area (Å²) in [5.41, 5.74) is 7.75. The maximum Gasteiger partial charge on any atom is 0.0596 e. The predicted molar refractivity (Wildman–Crippen MR) is 77.6 cm³/mol. The summed E-state index contributed by atoms with van der Waals surface area (Å²) in [5.74, 6) is 5.68. The summed E-state index contributed by atoms with van der Waals surface area (Å²) in [6.07, 6.45) is 1.80. The van der Waals surface area contributed by atoms with E-state index in [1.807, 2.05) is 18.7 Å². The van der Waals surface area contributed by atoms with Crippen LogP contribution >= 0.6 is 0 Å². The quantitative estimate of drug-likeness (QED) is 0.633. The second kappa shape index (κ2) is 5.99. The molecule has 0 aliphatic carbocycles. The number of rotatable bonds is 5. The standard InChI is InChI=1S/C15H22N4/c1-11-5-4-6-13(7-11)9-14(17-16)10-15-8-12(2)18-19(15)3/h4-8,14,17H,9-10,16H2,1-3H3. The first-order valence-corrected chi connectivity index (χ1v) is 6.59. The summed E-state index contributed by atoms with van der Waals surface area (Å²) >= 11 is 0. The molecule has 0 fully saturated rings. The SMILES string of the molecule is Cc1cccc(CC(Cc2cc(C)nn2C)NN)c1. The molecule has 0 bridgehead atoms. The van der Waals surface area contributed by atoms with Crippen molar-refractivity contribution in [3.63, 3.8) is 0 Å². The third-order valence-electron chi connectivity index (χ3n) is 3.35. The highest BCUT2D eigenvalue weighted by atomic mass is 15.3. The van der Waals surface area contributed by atoms with Gasteiger partial charge < -0.3 is 0 Å². The molecule has 0 aliphatic rings. The number of aryl methyl sites for hydroxylation is 3. The van der Waals surface area contributed by atoms with Gasteiger partial charge in [-0.15, -0.1) is 0 Å². The average molecular weight is 258 g/mol. The van der Waals surface area contributed by atoms with Crippen LogP contribution in [0.5, 0.6) is 0 Å². The molecule has 0 saturated heterocycles. The van der Waals surface area contributed by atoms with E-state index >= 15 is 0 Å². The van der Waals surface area contributed by atoms with Crippen molar-refractivity contribution in [1.82, 2.24) is 15.2 Å². The van der Waals surface area contributed by atoms with Crippen molar-refractivity contribution in [2.45, 2.75) is 32.7 Å². The first-order chi connectivity index (χ1) is 9.08. The minimum absolute atomic E-state index is 0.219. The first kappa shape index (κ1) is 13.8. The van der Waals surface area contributed by atoms with Crippen LogP contribution in [-0.2, 0) is 19.9 Å². The molecular formula is C15H22N4. The highest BCUT2D eigenvalue weighted by Crippen LogP contribution is 2.11. The number of aromatic nitrogens is 2. The van der Waals surface area contributed by atoms with Crippen LogP contribution in [0, 0.1) is 13.8 Å². The van der Waals surface area contributed by atoms with E-state index < -0.39 is 0 Å². The Bertz CT molecular complexity index is 545. The number of hydrogen-bond acceptors (Lipinski definition) is 3. The Morgan fingerprint density at radius 2 is 2.05 bits per heavy atom. The van der Waals surface area contributed by atoms with Crippen LogP contribution in [0.25, 0.3) is 0 Å². The van der Waals surface area contributed by atoms with Crippen molar-refractivity contribution in [1.29, 1.82) is 0 Å². The van der Waals surface area contributed by atoms with Crippen molar-refractivity contribution in [3.05, 3.63) is 52.8 Å². The van der Waals surface area contributed by atoms with Gasteiger partial charge in [-0.1, -0.05) is 29.8 Å². The van der Waals surface area contributed by atoms with Gasteiger partial charge in [-0.05, 0) is 31.9 Å². The van der Waals surface area contributed by atoms with Gasteiger partial charge in [-0.25, -0.2) is 0 Å². The van der Waals surface area contributed by atoms with Crippen molar-refractivity contribution < 1.29 is 0 Å². The lowest BCUT2D eigenvalue weighted by atomic mass is 10.0. The Morgan fingerprint density at radius 1 is 1.26 bits per heavy atom. The Hall–Kier alpha value is -1.65. The molecule has 1 aromatic carbocycles. The van der Waals surface area contributed by atoms with Gasteiger partial charge >= 0.3 is 0 Å². The minimum atomic E-state index is 0.219. The summed E-state index contributed by atoms with van der Waals surface area (Å²) < 4.78 is 1.93. The van der Waals surface area contributed by atoms with E-state index in [1.165, 1.54) is 16.8 Å². The van der Waals surface area contributed by atoms with Crippen molar-refractivity contribution in [2.75, 3.05) is 0 Å². The molecule has 1 aromatic heterocycles. The number of benzene rings is 1. The maximum absolute atomic E-state index is 5.68. The molecule has 0 amide bonds. The lowest BCUT2D eigenvalue weighted by molar-refractivity contribution is 0.505. The average Bonchev–Trinajstić information content (AvgIpc) is 2.67. The van der Waals surface area contributed by atoms with E-state index in [2.05, 4.69) is 47.8 Å². The van der Waals surface area contributed by atoms with Crippen molar-refractivity contribution in [3.8, 4) is 0 Å². The third kappa shape index (κ3) is 3.66. The molecule has 3 N–H and O–H groups in total. The van der Waals surface area contributed by atoms with E-state index in [0.717, 1.165) is 18.5 Å². The summed E-state index contributed by atoms with van der Waals surface area (Å²) in [6.45, 7) is 4.12. The van der Waals surface area contributed by atoms with E-state index in [4.69, 9.17) is 5.84 Å². The number of nitrogens with two attached hydrogens (primary N) is 1. The van der Waals surface area contributed by atoms with E-state index in [9.17, 15) is 0 Å². The molecule has 19 heavy (non-hydrogen) atoms.